The Morgan fingerprint density at radius 2 is 1.54 bits per heavy atom. The van der Waals surface area contributed by atoms with Crippen molar-refractivity contribution in [1.29, 1.82) is 0 Å². The fourth-order valence-electron chi connectivity index (χ4n) is 6.11. The van der Waals surface area contributed by atoms with Gasteiger partial charge >= 0.3 is 0 Å². The third-order valence-electron chi connectivity index (χ3n) is 8.96. The second-order valence-corrected chi connectivity index (χ2v) is 12.7. The molecule has 13 nitrogen and oxygen atoms in total. The third kappa shape index (κ3) is 7.70. The molecule has 3 amide bonds. The summed E-state index contributed by atoms with van der Waals surface area (Å²) in [6.45, 7) is 2.38. The van der Waals surface area contributed by atoms with Gasteiger partial charge in [0.1, 0.15) is 0 Å². The zero-order valence-electron chi connectivity index (χ0n) is 28.6. The highest BCUT2D eigenvalue weighted by Gasteiger charge is 2.52. The minimum Gasteiger partial charge on any atom is -0.399 e. The number of carbonyl (C=O) groups is 3. The zero-order valence-corrected chi connectivity index (χ0v) is 28.6. The Hall–Kier alpha value is -6.31. The number of nitrogen functional groups attached to an aromatic ring is 2. The molecule has 1 aliphatic heterocycles. The number of hydrogen-bond acceptors (Lipinski definition) is 9. The lowest BCUT2D eigenvalue weighted by Gasteiger charge is -2.28. The topological polar surface area (TPSA) is 202 Å². The fourth-order valence-corrected chi connectivity index (χ4v) is 6.11. The van der Waals surface area contributed by atoms with Crippen molar-refractivity contribution in [2.24, 2.45) is 5.92 Å². The van der Waals surface area contributed by atoms with Gasteiger partial charge in [-0.05, 0) is 90.8 Å². The van der Waals surface area contributed by atoms with Gasteiger partial charge < -0.3 is 37.2 Å². The number of hydrogen-bond donors (Lipinski definition) is 6. The smallest absolute Gasteiger partial charge is 0.264 e. The van der Waals surface area contributed by atoms with Crippen LogP contribution in [0.25, 0.3) is 0 Å². The molecule has 0 radical (unpaired) electrons. The molecule has 0 saturated carbocycles. The van der Waals surface area contributed by atoms with Gasteiger partial charge in [0, 0.05) is 71.1 Å². The molecule has 8 N–H and O–H groups in total. The van der Waals surface area contributed by atoms with Gasteiger partial charge in [0.2, 0.25) is 0 Å². The van der Waals surface area contributed by atoms with Crippen molar-refractivity contribution in [2.75, 3.05) is 33.6 Å². The first-order chi connectivity index (χ1) is 25.0. The second-order valence-electron chi connectivity index (χ2n) is 12.7. The Bertz CT molecular complexity index is 2110. The molecular weight excluding hydrogens is 660 g/mol. The number of carbonyl (C=O) groups excluding carboxylic acids is 3. The lowest BCUT2D eigenvalue weighted by atomic mass is 9.82. The van der Waals surface area contributed by atoms with Gasteiger partial charge in [-0.1, -0.05) is 36.4 Å². The number of aliphatic hydroxyl groups is 2. The molecule has 0 spiro atoms. The number of benzene rings is 4. The van der Waals surface area contributed by atoms with E-state index in [4.69, 9.17) is 16.6 Å². The molecule has 0 bridgehead atoms. The largest absolute Gasteiger partial charge is 0.399 e. The minimum atomic E-state index is -1.96. The lowest BCUT2D eigenvalue weighted by molar-refractivity contribution is -0.139. The molecule has 52 heavy (non-hydrogen) atoms. The highest BCUT2D eigenvalue weighted by atomic mass is 16.3. The van der Waals surface area contributed by atoms with Gasteiger partial charge in [0.15, 0.2) is 5.60 Å². The summed E-state index contributed by atoms with van der Waals surface area (Å²) in [4.78, 5) is 41.8. The number of fused-ring (bicyclic) bond motifs is 1. The minimum absolute atomic E-state index is 0.0134. The van der Waals surface area contributed by atoms with Crippen molar-refractivity contribution in [3.05, 3.63) is 137 Å². The Kier molecular flexibility index (Phi) is 10.4. The quantitative estimate of drug-likeness (QED) is 0.0756. The number of rotatable bonds is 13. The Balaban J connectivity index is 1.25. The summed E-state index contributed by atoms with van der Waals surface area (Å²) in [6, 6.07) is 25.3. The summed E-state index contributed by atoms with van der Waals surface area (Å²) in [5.41, 5.74) is 14.7. The highest BCUT2D eigenvalue weighted by molar-refractivity contribution is 6.09. The Labute approximate surface area is 300 Å². The van der Waals surface area contributed by atoms with Crippen molar-refractivity contribution >= 4 is 46.2 Å². The SMILES string of the molecule is C[C@H](/C=C/CCn1cc(CCO)nn1)[C@@]1(O)C(=O)N(Cc2cccc(NC(=O)c3ccc(N)cc3)c2)c2ccc(NC(=O)c3ccc(N)cc3)cc21. The van der Waals surface area contributed by atoms with E-state index in [-0.39, 0.29) is 25.0 Å². The van der Waals surface area contributed by atoms with Crippen LogP contribution in [0.5, 0.6) is 0 Å². The number of amides is 3. The number of anilines is 5. The third-order valence-corrected chi connectivity index (χ3v) is 8.96. The predicted molar refractivity (Wildman–Crippen MR) is 199 cm³/mol. The zero-order chi connectivity index (χ0) is 36.8. The van der Waals surface area contributed by atoms with Gasteiger partial charge in [-0.15, -0.1) is 5.10 Å². The molecule has 0 fully saturated rings. The summed E-state index contributed by atoms with van der Waals surface area (Å²) in [5.74, 6) is -1.87. The van der Waals surface area contributed by atoms with Crippen LogP contribution < -0.4 is 27.0 Å². The monoisotopic (exact) mass is 700 g/mol. The molecule has 2 atom stereocenters. The van der Waals surface area contributed by atoms with Gasteiger partial charge in [-0.2, -0.15) is 0 Å². The molecule has 2 heterocycles. The highest BCUT2D eigenvalue weighted by Crippen LogP contribution is 2.47. The second kappa shape index (κ2) is 15.3. The van der Waals surface area contributed by atoms with E-state index >= 15 is 0 Å². The van der Waals surface area contributed by atoms with Gasteiger partial charge in [-0.25, -0.2) is 0 Å². The van der Waals surface area contributed by atoms with Crippen LogP contribution in [-0.4, -0.2) is 49.5 Å². The van der Waals surface area contributed by atoms with Crippen molar-refractivity contribution in [2.45, 2.75) is 38.5 Å². The summed E-state index contributed by atoms with van der Waals surface area (Å²) in [6.07, 6.45) is 6.42. The maximum absolute atomic E-state index is 14.3. The van der Waals surface area contributed by atoms with E-state index in [1.165, 1.54) is 4.90 Å². The average Bonchev–Trinajstić information content (AvgIpc) is 3.67. The molecule has 1 aromatic heterocycles. The van der Waals surface area contributed by atoms with Crippen molar-refractivity contribution in [3.8, 4) is 0 Å². The van der Waals surface area contributed by atoms with Crippen molar-refractivity contribution in [1.82, 2.24) is 15.0 Å². The number of nitrogens with two attached hydrogens (primary N) is 2. The van der Waals surface area contributed by atoms with E-state index in [0.717, 1.165) is 5.56 Å². The summed E-state index contributed by atoms with van der Waals surface area (Å²) < 4.78 is 1.68. The van der Waals surface area contributed by atoms with Gasteiger partial charge in [-0.3, -0.25) is 19.1 Å². The van der Waals surface area contributed by atoms with E-state index < -0.39 is 17.4 Å². The number of nitrogens with one attached hydrogen (secondary N) is 2. The first-order valence-electron chi connectivity index (χ1n) is 16.8. The van der Waals surface area contributed by atoms with Crippen LogP contribution in [0.4, 0.5) is 28.4 Å². The average molecular weight is 701 g/mol. The molecule has 4 aromatic carbocycles. The maximum Gasteiger partial charge on any atom is 0.264 e. The lowest BCUT2D eigenvalue weighted by Crippen LogP contribution is -2.44. The Morgan fingerprint density at radius 1 is 0.904 bits per heavy atom. The van der Waals surface area contributed by atoms with E-state index in [0.29, 0.717) is 70.2 Å². The van der Waals surface area contributed by atoms with Gasteiger partial charge in [0.25, 0.3) is 17.7 Å². The first kappa shape index (κ1) is 35.5. The molecule has 6 rings (SSSR count). The maximum atomic E-state index is 14.3. The van der Waals surface area contributed by atoms with Crippen molar-refractivity contribution in [3.63, 3.8) is 0 Å². The van der Waals surface area contributed by atoms with Crippen LogP contribution in [0.2, 0.25) is 0 Å². The van der Waals surface area contributed by atoms with Crippen LogP contribution in [0, 0.1) is 5.92 Å². The summed E-state index contributed by atoms with van der Waals surface area (Å²) in [7, 11) is 0. The molecule has 13 heteroatoms. The standard InChI is InChI=1S/C39H40N8O5/c1-25(5-2-3-19-46-24-33(18-20-48)44-45-46)39(52)34-22-32(43-37(50)28-10-14-30(41)15-11-28)16-17-35(34)47(38(39)51)23-26-6-4-7-31(21-26)42-36(49)27-8-12-29(40)13-9-27/h2,4-17,21-22,24-25,48,52H,3,18-20,23,40-41H2,1H3,(H,42,49)(H,43,50)/b5-2+/t25-,39+/m1/s1. The molecule has 266 valence electrons. The number of nitrogens with zero attached hydrogens (tertiary/aromatic N) is 4. The molecule has 0 unspecified atom stereocenters. The van der Waals surface area contributed by atoms with E-state index in [1.54, 1.807) is 109 Å². The van der Waals surface area contributed by atoms with Crippen LogP contribution >= 0.6 is 0 Å². The number of allylic oxidation sites excluding steroid dienone is 1. The number of aromatic nitrogens is 3. The number of aryl methyl sites for hydroxylation is 1. The fraction of sp³-hybridized carbons (Fsp3) is 0.205. The summed E-state index contributed by atoms with van der Waals surface area (Å²) >= 11 is 0. The van der Waals surface area contributed by atoms with Crippen LogP contribution in [0.3, 0.4) is 0 Å². The van der Waals surface area contributed by atoms with E-state index in [2.05, 4.69) is 20.9 Å². The van der Waals surface area contributed by atoms with Crippen LogP contribution in [0.15, 0.2) is 109 Å². The molecular formula is C39H40N8O5. The van der Waals surface area contributed by atoms with E-state index in [9.17, 15) is 19.5 Å². The van der Waals surface area contributed by atoms with Crippen LogP contribution in [-0.2, 0) is 29.9 Å². The van der Waals surface area contributed by atoms with Crippen molar-refractivity contribution < 1.29 is 24.6 Å². The van der Waals surface area contributed by atoms with Gasteiger partial charge in [0.05, 0.1) is 17.9 Å². The summed E-state index contributed by atoms with van der Waals surface area (Å²) in [5, 5.41) is 35.4. The number of aliphatic hydroxyl groups excluding tert-OH is 1. The normalized spacial score (nSPS) is 15.8. The molecule has 0 aliphatic carbocycles. The predicted octanol–water partition coefficient (Wildman–Crippen LogP) is 4.50. The molecule has 5 aromatic rings. The first-order valence-corrected chi connectivity index (χ1v) is 16.8. The van der Waals surface area contributed by atoms with Crippen LogP contribution in [0.1, 0.15) is 50.9 Å². The van der Waals surface area contributed by atoms with E-state index in [1.807, 2.05) is 12.1 Å². The Morgan fingerprint density at radius 3 is 2.17 bits per heavy atom. The molecule has 0 saturated heterocycles. The molecule has 1 aliphatic rings.